The normalized spacial score (nSPS) is 55.4. The van der Waals surface area contributed by atoms with Gasteiger partial charge >= 0.3 is 0 Å². The van der Waals surface area contributed by atoms with Crippen molar-refractivity contribution < 1.29 is 153 Å². The Kier molecular flexibility index (Phi) is 21.0. The molecule has 21 fully saturated rings. The van der Waals surface area contributed by atoms with E-state index in [9.17, 15) is 86.8 Å². The second kappa shape index (κ2) is 26.1. The van der Waals surface area contributed by atoms with Crippen LogP contribution in [0, 0.1) is 0 Å². The zero-order valence-corrected chi connectivity index (χ0v) is 42.5. The molecule has 0 aromatic carbocycles. The minimum Gasteiger partial charge on any atom is -0.394 e. The fourth-order valence-corrected chi connectivity index (χ4v) is 11.1. The van der Waals surface area contributed by atoms with Gasteiger partial charge < -0.3 is 153 Å². The maximum atomic E-state index is 11.5. The molecule has 21 rings (SSSR count). The molecule has 0 aromatic heterocycles. The van der Waals surface area contributed by atoms with E-state index < -0.39 is 235 Å². The van der Waals surface area contributed by atoms with E-state index in [1.807, 2.05) is 0 Å². The van der Waals surface area contributed by atoms with Gasteiger partial charge in [-0.1, -0.05) is 27.7 Å². The fraction of sp³-hybridized carbons (Fsp3) is 1.00. The minimum atomic E-state index is -2.13. The Morgan fingerprint density at radius 2 is 0.325 bits per heavy atom. The van der Waals surface area contributed by atoms with Gasteiger partial charge in [0.2, 0.25) is 0 Å². The summed E-state index contributed by atoms with van der Waals surface area (Å²) < 4.78 is 82.8. The van der Waals surface area contributed by atoms with E-state index in [0.717, 1.165) is 0 Å². The van der Waals surface area contributed by atoms with Gasteiger partial charge in [-0.05, 0) is 25.7 Å². The van der Waals surface area contributed by atoms with E-state index in [0.29, 0.717) is 0 Å². The van der Waals surface area contributed by atoms with Gasteiger partial charge in [0.15, 0.2) is 44.0 Å². The van der Waals surface area contributed by atoms with Gasteiger partial charge in [0.25, 0.3) is 0 Å². The van der Waals surface area contributed by atoms with Gasteiger partial charge in [0.1, 0.15) is 146 Å². The van der Waals surface area contributed by atoms with E-state index in [1.54, 1.807) is 27.7 Å². The average Bonchev–Trinajstić information content (AvgIpc) is 3.45. The number of aliphatic hydroxyl groups is 17. The van der Waals surface area contributed by atoms with Crippen LogP contribution >= 0.6 is 0 Å². The molecule has 0 aromatic rings. The van der Waals surface area contributed by atoms with Gasteiger partial charge in [-0.15, -0.1) is 0 Å². The first kappa shape index (κ1) is 61.8. The van der Waals surface area contributed by atoms with E-state index in [2.05, 4.69) is 0 Å². The van der Waals surface area contributed by atoms with Crippen LogP contribution in [0.5, 0.6) is 0 Å². The number of ether oxygens (including phenoxy) is 14. The summed E-state index contributed by atoms with van der Waals surface area (Å²) in [5.74, 6) is 0. The Morgan fingerprint density at radius 1 is 0.195 bits per heavy atom. The summed E-state index contributed by atoms with van der Waals surface area (Å²) in [4.78, 5) is 0. The predicted molar refractivity (Wildman–Crippen MR) is 241 cm³/mol. The number of aliphatic hydroxyl groups excluding tert-OH is 17. The summed E-state index contributed by atoms with van der Waals surface area (Å²) in [5, 5.41) is 191. The first-order chi connectivity index (χ1) is 36.7. The summed E-state index contributed by atoms with van der Waals surface area (Å²) in [6, 6.07) is 0. The largest absolute Gasteiger partial charge is 0.394 e. The zero-order chi connectivity index (χ0) is 56.1. The topological polar surface area (TPSA) is 473 Å². The molecule has 0 amide bonds. The Labute approximate surface area is 440 Å². The third-order valence-electron chi connectivity index (χ3n) is 15.7. The van der Waals surface area contributed by atoms with Crippen LogP contribution in [0.3, 0.4) is 0 Å². The lowest BCUT2D eigenvalue weighted by molar-refractivity contribution is -0.395. The third kappa shape index (κ3) is 12.1. The number of rotatable bonds is 7. The SMILES string of the molecule is CC[C@H]1O[C@@H]2O[C@H]3[C@H](O)[C@@H](O)[C@@H](O[C@H]4[C@H](O)[C@@H](O)[C@@H](O[C@H]5[C@H](O)[C@@H](O)[C@@H](O[C@H]6[C@H](O)[C@@H](O)[C@@H](O[C@H]7[C@H](O)[C@@H](O)[C@@H](O[C@H]8[C@H](O)[C@@H](O)[C@@H](O[C@H]1[C@H](O)[C@H]2O)O[C@@H]8CC)O[C@@H]7CC)O[C@@H]6CO)O[C@@H]5CO)O[C@@H]4CO)O[C@@H]3CC. The second-order valence-electron chi connectivity index (χ2n) is 20.6. The maximum absolute atomic E-state index is 11.5. The molecule has 21 aliphatic rings. The molecule has 0 unspecified atom stereocenters. The molecule has 21 saturated heterocycles. The Hall–Kier alpha value is -1.24. The first-order valence-corrected chi connectivity index (χ1v) is 26.2. The van der Waals surface area contributed by atoms with Crippen LogP contribution in [0.15, 0.2) is 0 Å². The number of hydrogen-bond acceptors (Lipinski definition) is 31. The first-order valence-electron chi connectivity index (χ1n) is 26.2. The van der Waals surface area contributed by atoms with Crippen molar-refractivity contribution in [3.63, 3.8) is 0 Å². The van der Waals surface area contributed by atoms with Crippen molar-refractivity contribution in [2.75, 3.05) is 19.8 Å². The molecule has 0 saturated carbocycles. The molecule has 21 aliphatic heterocycles. The lowest BCUT2D eigenvalue weighted by Crippen LogP contribution is -2.68. The lowest BCUT2D eigenvalue weighted by atomic mass is 9.93. The standard InChI is InChI=1S/C46H78O31/c1-5-12-33-20(51)27(58)41(65-12)73-35-14(7-3)67-43(29(60)22(35)53)75-37-16(9-47)69-45(31(62)24(37)55)77-39-18(11-49)70-46(32(63)25(39)56)76-38-17(10-48)68-44(30(61)23(38)54)74-36-15(8-4)66-42(28(59)21(36)52)72-34-13(6-2)64-40(71-33)26(57)19(34)50/h12-63H,5-11H2,1-4H3/t12-,13-,14-,15-,16-,17-,18-,19-,20-,21-,22-,23-,24-,25-,26-,27-,28-,29-,30-,31-,32-,33-,34-,35-,36-,37-,38-,39-,40-,41-,42-,43-,44-,45-,46-/m1/s1. The Bertz CT molecular complexity index is 1470. The highest BCUT2D eigenvalue weighted by Crippen LogP contribution is 2.40. The van der Waals surface area contributed by atoms with Gasteiger partial charge in [0.05, 0.1) is 44.2 Å². The molecule has 77 heavy (non-hydrogen) atoms. The van der Waals surface area contributed by atoms with Crippen LogP contribution in [0.1, 0.15) is 53.4 Å². The van der Waals surface area contributed by atoms with Crippen LogP contribution < -0.4 is 0 Å². The van der Waals surface area contributed by atoms with E-state index >= 15 is 0 Å². The molecule has 35 atom stereocenters. The predicted octanol–water partition coefficient (Wildman–Crippen LogP) is -9.56. The van der Waals surface area contributed by atoms with E-state index in [1.165, 1.54) is 0 Å². The monoisotopic (exact) mass is 1130 g/mol. The molecule has 31 nitrogen and oxygen atoms in total. The molecule has 17 N–H and O–H groups in total. The van der Waals surface area contributed by atoms with Gasteiger partial charge in [-0.2, -0.15) is 0 Å². The van der Waals surface area contributed by atoms with Crippen molar-refractivity contribution in [3.8, 4) is 0 Å². The molecule has 448 valence electrons. The van der Waals surface area contributed by atoms with Crippen molar-refractivity contribution in [2.45, 2.75) is 268 Å². The smallest absolute Gasteiger partial charge is 0.187 e. The van der Waals surface area contributed by atoms with Gasteiger partial charge in [0, 0.05) is 0 Å². The summed E-state index contributed by atoms with van der Waals surface area (Å²) in [6.07, 6.45) is -61.4. The maximum Gasteiger partial charge on any atom is 0.187 e. The molecular formula is C46H78O31. The molecular weight excluding hydrogens is 1050 g/mol. The van der Waals surface area contributed by atoms with Crippen LogP contribution in [0.2, 0.25) is 0 Å². The zero-order valence-electron chi connectivity index (χ0n) is 42.5. The summed E-state index contributed by atoms with van der Waals surface area (Å²) in [6.45, 7) is 3.57. The summed E-state index contributed by atoms with van der Waals surface area (Å²) >= 11 is 0. The van der Waals surface area contributed by atoms with Crippen LogP contribution in [-0.4, -0.2) is 322 Å². The van der Waals surface area contributed by atoms with Crippen molar-refractivity contribution in [3.05, 3.63) is 0 Å². The molecule has 31 heteroatoms. The molecule has 21 heterocycles. The highest BCUT2D eigenvalue weighted by Gasteiger charge is 2.59. The average molecular weight is 1130 g/mol. The molecule has 0 radical (unpaired) electrons. The highest BCUT2D eigenvalue weighted by molar-refractivity contribution is 5.01. The van der Waals surface area contributed by atoms with Crippen molar-refractivity contribution >= 4 is 0 Å². The van der Waals surface area contributed by atoms with Gasteiger partial charge in [-0.25, -0.2) is 0 Å². The van der Waals surface area contributed by atoms with Crippen LogP contribution in [-0.2, 0) is 66.3 Å². The van der Waals surface area contributed by atoms with E-state index in [4.69, 9.17) is 66.3 Å². The van der Waals surface area contributed by atoms with E-state index in [-0.39, 0.29) is 25.7 Å². The molecule has 14 bridgehead atoms. The van der Waals surface area contributed by atoms with Gasteiger partial charge in [-0.3, -0.25) is 0 Å². The summed E-state index contributed by atoms with van der Waals surface area (Å²) in [7, 11) is 0. The van der Waals surface area contributed by atoms with Crippen molar-refractivity contribution in [1.82, 2.24) is 0 Å². The Morgan fingerprint density at radius 3 is 0.455 bits per heavy atom. The van der Waals surface area contributed by atoms with Crippen molar-refractivity contribution in [2.24, 2.45) is 0 Å². The molecule has 0 spiro atoms. The second-order valence-corrected chi connectivity index (χ2v) is 20.6. The van der Waals surface area contributed by atoms with Crippen LogP contribution in [0.4, 0.5) is 0 Å². The van der Waals surface area contributed by atoms with Crippen molar-refractivity contribution in [1.29, 1.82) is 0 Å². The van der Waals surface area contributed by atoms with Crippen LogP contribution in [0.25, 0.3) is 0 Å². The Balaban J connectivity index is 1.08. The fourth-order valence-electron chi connectivity index (χ4n) is 11.1. The molecule has 0 aliphatic carbocycles. The minimum absolute atomic E-state index is 0.0341. The quantitative estimate of drug-likeness (QED) is 0.113. The lowest BCUT2D eigenvalue weighted by Gasteiger charge is -2.50. The number of hydrogen-bond donors (Lipinski definition) is 17. The summed E-state index contributed by atoms with van der Waals surface area (Å²) in [5.41, 5.74) is 0. The third-order valence-corrected chi connectivity index (χ3v) is 15.7. The highest BCUT2D eigenvalue weighted by atomic mass is 16.8.